The fourth-order valence-electron chi connectivity index (χ4n) is 2.19. The number of hydrogen-bond acceptors (Lipinski definition) is 7. The number of nitrogens with zero attached hydrogens (tertiary/aromatic N) is 4. The van der Waals surface area contributed by atoms with Crippen molar-refractivity contribution in [2.24, 2.45) is 5.10 Å². The van der Waals surface area contributed by atoms with Crippen LogP contribution in [0.5, 0.6) is 0 Å². The molecule has 0 bridgehead atoms. The number of carbonyl (C=O) groups excluding carboxylic acids is 1. The average molecular weight is 478 g/mol. The maximum atomic E-state index is 12.9. The third-order valence-electron chi connectivity index (χ3n) is 3.63. The number of amides is 1. The molecule has 0 radical (unpaired) electrons. The summed E-state index contributed by atoms with van der Waals surface area (Å²) in [4.78, 5) is 12.0. The van der Waals surface area contributed by atoms with E-state index in [-0.39, 0.29) is 23.4 Å². The molecule has 8 nitrogen and oxygen atoms in total. The van der Waals surface area contributed by atoms with Gasteiger partial charge in [0.15, 0.2) is 0 Å². The molecule has 150 valence electrons. The molecule has 0 aliphatic rings. The number of carbonyl (C=O) groups is 1. The second-order valence-electron chi connectivity index (χ2n) is 5.79. The summed E-state index contributed by atoms with van der Waals surface area (Å²) in [5.41, 5.74) is 4.41. The maximum Gasteiger partial charge on any atom is 0.264 e. The number of hydrogen-bond donors (Lipinski definition) is 3. The van der Waals surface area contributed by atoms with Crippen molar-refractivity contribution in [1.29, 1.82) is 0 Å². The van der Waals surface area contributed by atoms with Crippen molar-refractivity contribution in [2.45, 2.75) is 11.7 Å². The molecule has 1 heterocycles. The van der Waals surface area contributed by atoms with Crippen molar-refractivity contribution in [2.75, 3.05) is 17.0 Å². The number of benzene rings is 2. The van der Waals surface area contributed by atoms with E-state index < -0.39 is 0 Å². The van der Waals surface area contributed by atoms with Gasteiger partial charge in [0, 0.05) is 11.0 Å². The van der Waals surface area contributed by atoms with Crippen LogP contribution >= 0.6 is 27.7 Å². The van der Waals surface area contributed by atoms with Gasteiger partial charge in [0.05, 0.1) is 12.0 Å². The van der Waals surface area contributed by atoms with Crippen LogP contribution in [0.1, 0.15) is 11.1 Å². The SMILES string of the molecule is Nn1c(N/N=C/c2cccc(Br)c2)nnc1SCC(=O)NCc1ccc(F)cc1. The second kappa shape index (κ2) is 10.0. The van der Waals surface area contributed by atoms with E-state index in [0.717, 1.165) is 27.4 Å². The highest BCUT2D eigenvalue weighted by atomic mass is 79.9. The first-order valence-electron chi connectivity index (χ1n) is 8.40. The number of hydrazone groups is 1. The fourth-order valence-corrected chi connectivity index (χ4v) is 3.29. The van der Waals surface area contributed by atoms with E-state index in [1.807, 2.05) is 24.3 Å². The zero-order valence-corrected chi connectivity index (χ0v) is 17.5. The number of aromatic nitrogens is 3. The number of nitrogen functional groups attached to an aromatic ring is 1. The normalized spacial score (nSPS) is 11.0. The van der Waals surface area contributed by atoms with Crippen molar-refractivity contribution in [3.63, 3.8) is 0 Å². The molecule has 3 aromatic rings. The number of nitrogens with two attached hydrogens (primary N) is 1. The molecule has 0 aliphatic heterocycles. The summed E-state index contributed by atoms with van der Waals surface area (Å²) in [6.07, 6.45) is 1.62. The van der Waals surface area contributed by atoms with Crippen LogP contribution in [0.15, 0.2) is 63.3 Å². The monoisotopic (exact) mass is 477 g/mol. The van der Waals surface area contributed by atoms with Gasteiger partial charge in [-0.25, -0.2) is 14.5 Å². The van der Waals surface area contributed by atoms with Crippen molar-refractivity contribution in [1.82, 2.24) is 20.2 Å². The summed E-state index contributed by atoms with van der Waals surface area (Å²) >= 11 is 4.53. The molecule has 11 heteroatoms. The number of anilines is 1. The Kier molecular flexibility index (Phi) is 7.19. The van der Waals surface area contributed by atoms with Crippen LogP contribution in [0.4, 0.5) is 10.3 Å². The van der Waals surface area contributed by atoms with Crippen molar-refractivity contribution in [3.8, 4) is 0 Å². The van der Waals surface area contributed by atoms with E-state index in [4.69, 9.17) is 5.84 Å². The number of rotatable bonds is 8. The Morgan fingerprint density at radius 1 is 1.28 bits per heavy atom. The second-order valence-corrected chi connectivity index (χ2v) is 7.65. The quantitative estimate of drug-likeness (QED) is 0.199. The molecular formula is C18H17BrFN7OS. The fraction of sp³-hybridized carbons (Fsp3) is 0.111. The molecule has 0 aliphatic carbocycles. The lowest BCUT2D eigenvalue weighted by Crippen LogP contribution is -2.25. The number of halogens is 2. The first-order valence-corrected chi connectivity index (χ1v) is 10.2. The van der Waals surface area contributed by atoms with Crippen LogP contribution in [0, 0.1) is 5.82 Å². The third kappa shape index (κ3) is 6.29. The van der Waals surface area contributed by atoms with Gasteiger partial charge in [0.2, 0.25) is 11.1 Å². The predicted octanol–water partition coefficient (Wildman–Crippen LogP) is 2.75. The Morgan fingerprint density at radius 2 is 2.07 bits per heavy atom. The number of thioether (sulfide) groups is 1. The summed E-state index contributed by atoms with van der Waals surface area (Å²) in [5, 5.41) is 15.0. The lowest BCUT2D eigenvalue weighted by molar-refractivity contribution is -0.118. The van der Waals surface area contributed by atoms with Gasteiger partial charge in [-0.05, 0) is 35.4 Å². The Bertz CT molecular complexity index is 1010. The van der Waals surface area contributed by atoms with Gasteiger partial charge in [-0.15, -0.1) is 10.2 Å². The Morgan fingerprint density at radius 3 is 2.83 bits per heavy atom. The zero-order valence-electron chi connectivity index (χ0n) is 15.0. The minimum Gasteiger partial charge on any atom is -0.351 e. The van der Waals surface area contributed by atoms with Gasteiger partial charge >= 0.3 is 0 Å². The summed E-state index contributed by atoms with van der Waals surface area (Å²) in [7, 11) is 0. The highest BCUT2D eigenvalue weighted by Gasteiger charge is 2.11. The van der Waals surface area contributed by atoms with Gasteiger partial charge in [-0.3, -0.25) is 4.79 Å². The van der Waals surface area contributed by atoms with Crippen LogP contribution in [0.3, 0.4) is 0 Å². The summed E-state index contributed by atoms with van der Waals surface area (Å²) < 4.78 is 15.0. The molecular weight excluding hydrogens is 461 g/mol. The molecule has 0 saturated carbocycles. The zero-order chi connectivity index (χ0) is 20.6. The average Bonchev–Trinajstić information content (AvgIpc) is 3.06. The maximum absolute atomic E-state index is 12.9. The highest BCUT2D eigenvalue weighted by molar-refractivity contribution is 9.10. The van der Waals surface area contributed by atoms with Crippen molar-refractivity contribution < 1.29 is 9.18 Å². The molecule has 0 spiro atoms. The third-order valence-corrected chi connectivity index (χ3v) is 5.06. The Labute approximate surface area is 178 Å². The van der Waals surface area contributed by atoms with Crippen molar-refractivity contribution in [3.05, 3.63) is 69.9 Å². The molecule has 29 heavy (non-hydrogen) atoms. The highest BCUT2D eigenvalue weighted by Crippen LogP contribution is 2.16. The molecule has 2 aromatic carbocycles. The van der Waals surface area contributed by atoms with E-state index in [1.165, 1.54) is 16.8 Å². The topological polar surface area (TPSA) is 110 Å². The van der Waals surface area contributed by atoms with E-state index >= 15 is 0 Å². The Balaban J connectivity index is 1.47. The molecule has 0 fully saturated rings. The molecule has 3 rings (SSSR count). The molecule has 1 amide bonds. The molecule has 4 N–H and O–H groups in total. The smallest absolute Gasteiger partial charge is 0.264 e. The Hall–Kier alpha value is -2.92. The van der Waals surface area contributed by atoms with E-state index in [1.54, 1.807) is 18.3 Å². The molecule has 1 aromatic heterocycles. The van der Waals surface area contributed by atoms with Gasteiger partial charge in [-0.1, -0.05) is 52.0 Å². The van der Waals surface area contributed by atoms with E-state index in [2.05, 4.69) is 42.0 Å². The standard InChI is InChI=1S/C18H17BrFN7OS/c19-14-3-1-2-13(8-14)10-23-24-17-25-26-18(27(17)21)29-11-16(28)22-9-12-4-6-15(20)7-5-12/h1-8,10H,9,11,21H2,(H,22,28)(H,24,25)/b23-10+. The van der Waals surface area contributed by atoms with Crippen LogP contribution < -0.4 is 16.6 Å². The number of nitrogens with one attached hydrogen (secondary N) is 2. The molecule has 0 atom stereocenters. The van der Waals surface area contributed by atoms with Gasteiger partial charge in [0.1, 0.15) is 5.82 Å². The predicted molar refractivity (Wildman–Crippen MR) is 115 cm³/mol. The van der Waals surface area contributed by atoms with Crippen LogP contribution in [0.25, 0.3) is 0 Å². The van der Waals surface area contributed by atoms with Crippen LogP contribution in [-0.2, 0) is 11.3 Å². The van der Waals surface area contributed by atoms with E-state index in [0.29, 0.717) is 11.7 Å². The van der Waals surface area contributed by atoms with Gasteiger partial charge in [0.25, 0.3) is 5.95 Å². The minimum atomic E-state index is -0.316. The largest absolute Gasteiger partial charge is 0.351 e. The van der Waals surface area contributed by atoms with Gasteiger partial charge in [-0.2, -0.15) is 5.10 Å². The lowest BCUT2D eigenvalue weighted by atomic mass is 10.2. The van der Waals surface area contributed by atoms with Crippen LogP contribution in [0.2, 0.25) is 0 Å². The van der Waals surface area contributed by atoms with Gasteiger partial charge < -0.3 is 11.2 Å². The lowest BCUT2D eigenvalue weighted by Gasteiger charge is -2.05. The minimum absolute atomic E-state index is 0.109. The molecule has 0 saturated heterocycles. The summed E-state index contributed by atoms with van der Waals surface area (Å²) in [6, 6.07) is 13.5. The summed E-state index contributed by atoms with van der Waals surface area (Å²) in [5.74, 6) is 5.76. The first-order chi connectivity index (χ1) is 14.0. The van der Waals surface area contributed by atoms with E-state index in [9.17, 15) is 9.18 Å². The molecule has 0 unspecified atom stereocenters. The first kappa shape index (κ1) is 20.8. The summed E-state index contributed by atoms with van der Waals surface area (Å²) in [6.45, 7) is 0.312. The van der Waals surface area contributed by atoms with Crippen LogP contribution in [-0.4, -0.2) is 32.7 Å². The van der Waals surface area contributed by atoms with Crippen molar-refractivity contribution >= 4 is 45.8 Å².